The van der Waals surface area contributed by atoms with Crippen LogP contribution in [0.3, 0.4) is 0 Å². The van der Waals surface area contributed by atoms with E-state index in [1.54, 1.807) is 7.11 Å². The first kappa shape index (κ1) is 16.1. The molecule has 21 heavy (non-hydrogen) atoms. The van der Waals surface area contributed by atoms with Gasteiger partial charge in [-0.3, -0.25) is 0 Å². The zero-order valence-corrected chi connectivity index (χ0v) is 14.6. The Morgan fingerprint density at radius 3 is 2.48 bits per heavy atom. The topological polar surface area (TPSA) is 21.3 Å². The third-order valence-corrected chi connectivity index (χ3v) is 4.05. The monoisotopic (exact) mass is 347 g/mol. The summed E-state index contributed by atoms with van der Waals surface area (Å²) in [7, 11) is 1.70. The molecule has 0 saturated carbocycles. The Kier molecular flexibility index (Phi) is 5.43. The first-order valence-electron chi connectivity index (χ1n) is 7.20. The fourth-order valence-corrected chi connectivity index (χ4v) is 3.27. The Bertz CT molecular complexity index is 604. The molecule has 2 rings (SSSR count). The number of nitrogens with one attached hydrogen (secondary N) is 1. The van der Waals surface area contributed by atoms with E-state index in [1.807, 2.05) is 6.07 Å². The van der Waals surface area contributed by atoms with Crippen LogP contribution in [0.2, 0.25) is 0 Å². The summed E-state index contributed by atoms with van der Waals surface area (Å²) in [6.45, 7) is 7.31. The van der Waals surface area contributed by atoms with Crippen LogP contribution in [-0.4, -0.2) is 13.7 Å². The van der Waals surface area contributed by atoms with Crippen LogP contribution in [0, 0.1) is 13.8 Å². The quantitative estimate of drug-likeness (QED) is 0.840. The highest BCUT2D eigenvalue weighted by Gasteiger charge is 2.16. The van der Waals surface area contributed by atoms with E-state index in [0.29, 0.717) is 0 Å². The Morgan fingerprint density at radius 1 is 1.14 bits per heavy atom. The van der Waals surface area contributed by atoms with E-state index < -0.39 is 0 Å². The lowest BCUT2D eigenvalue weighted by Gasteiger charge is -2.22. The van der Waals surface area contributed by atoms with Crippen molar-refractivity contribution in [2.75, 3.05) is 13.7 Å². The second kappa shape index (κ2) is 7.10. The highest BCUT2D eigenvalue weighted by Crippen LogP contribution is 2.29. The van der Waals surface area contributed by atoms with Crippen molar-refractivity contribution >= 4 is 15.9 Å². The number of hydrogen-bond donors (Lipinski definition) is 1. The van der Waals surface area contributed by atoms with Gasteiger partial charge >= 0.3 is 0 Å². The predicted octanol–water partition coefficient (Wildman–Crippen LogP) is 4.77. The normalized spacial score (nSPS) is 12.2. The van der Waals surface area contributed by atoms with E-state index in [0.717, 1.165) is 16.8 Å². The molecule has 0 amide bonds. The molecule has 0 radical (unpaired) electrons. The Balaban J connectivity index is 2.47. The number of benzene rings is 2. The van der Waals surface area contributed by atoms with E-state index in [9.17, 15) is 0 Å². The van der Waals surface area contributed by atoms with Gasteiger partial charge in [-0.1, -0.05) is 35.0 Å². The number of halogens is 1. The summed E-state index contributed by atoms with van der Waals surface area (Å²) in [5, 5.41) is 3.59. The molecule has 0 heterocycles. The van der Waals surface area contributed by atoms with Crippen LogP contribution in [0.25, 0.3) is 0 Å². The molecule has 0 saturated heterocycles. The van der Waals surface area contributed by atoms with Gasteiger partial charge in [-0.05, 0) is 66.9 Å². The Hall–Kier alpha value is -1.32. The first-order valence-corrected chi connectivity index (χ1v) is 7.99. The van der Waals surface area contributed by atoms with Crippen molar-refractivity contribution in [1.29, 1.82) is 0 Å². The maximum absolute atomic E-state index is 5.31. The van der Waals surface area contributed by atoms with Gasteiger partial charge in [0.15, 0.2) is 0 Å². The Labute approximate surface area is 135 Å². The molecule has 112 valence electrons. The van der Waals surface area contributed by atoms with E-state index in [4.69, 9.17) is 4.74 Å². The molecule has 2 aromatic rings. The minimum Gasteiger partial charge on any atom is -0.497 e. The molecule has 0 aromatic heterocycles. The summed E-state index contributed by atoms with van der Waals surface area (Å²) in [4.78, 5) is 0. The summed E-state index contributed by atoms with van der Waals surface area (Å²) in [6, 6.07) is 13.0. The highest BCUT2D eigenvalue weighted by molar-refractivity contribution is 9.10. The van der Waals surface area contributed by atoms with Crippen molar-refractivity contribution in [3.05, 3.63) is 63.1 Å². The van der Waals surface area contributed by atoms with Crippen molar-refractivity contribution in [2.24, 2.45) is 0 Å². The van der Waals surface area contributed by atoms with E-state index in [-0.39, 0.29) is 6.04 Å². The van der Waals surface area contributed by atoms with Crippen molar-refractivity contribution in [1.82, 2.24) is 5.32 Å². The molecule has 2 aromatic carbocycles. The largest absolute Gasteiger partial charge is 0.497 e. The molecule has 0 spiro atoms. The number of hydrogen-bond acceptors (Lipinski definition) is 2. The van der Waals surface area contributed by atoms with Gasteiger partial charge in [0.05, 0.1) is 13.2 Å². The van der Waals surface area contributed by atoms with Gasteiger partial charge in [0.2, 0.25) is 0 Å². The zero-order chi connectivity index (χ0) is 15.4. The summed E-state index contributed by atoms with van der Waals surface area (Å²) >= 11 is 3.60. The average Bonchev–Trinajstić information content (AvgIpc) is 2.44. The molecular weight excluding hydrogens is 326 g/mol. The second-order valence-corrected chi connectivity index (χ2v) is 6.19. The number of ether oxygens (including phenoxy) is 1. The lowest BCUT2D eigenvalue weighted by molar-refractivity contribution is 0.414. The van der Waals surface area contributed by atoms with Gasteiger partial charge in [-0.25, -0.2) is 0 Å². The molecule has 1 unspecified atom stereocenters. The van der Waals surface area contributed by atoms with Gasteiger partial charge < -0.3 is 10.1 Å². The minimum absolute atomic E-state index is 0.192. The minimum atomic E-state index is 0.192. The third kappa shape index (κ3) is 3.86. The standard InChI is InChI=1S/C18H22BrNO/c1-5-20-18(14-8-12(2)9-15(19)11-14)17-7-6-16(21-4)10-13(17)3/h6-11,18,20H,5H2,1-4H3. The molecular formula is C18H22BrNO. The van der Waals surface area contributed by atoms with Crippen LogP contribution in [-0.2, 0) is 0 Å². The van der Waals surface area contributed by atoms with Crippen molar-refractivity contribution in [3.8, 4) is 5.75 Å². The first-order chi connectivity index (χ1) is 10.0. The van der Waals surface area contributed by atoms with Crippen LogP contribution in [0.4, 0.5) is 0 Å². The summed E-state index contributed by atoms with van der Waals surface area (Å²) in [5.41, 5.74) is 5.05. The fraction of sp³-hybridized carbons (Fsp3) is 0.333. The number of methoxy groups -OCH3 is 1. The highest BCUT2D eigenvalue weighted by atomic mass is 79.9. The maximum Gasteiger partial charge on any atom is 0.119 e. The molecule has 1 atom stereocenters. The predicted molar refractivity (Wildman–Crippen MR) is 92.1 cm³/mol. The molecule has 0 aliphatic heterocycles. The third-order valence-electron chi connectivity index (χ3n) is 3.59. The molecule has 1 N–H and O–H groups in total. The van der Waals surface area contributed by atoms with Gasteiger partial charge in [0, 0.05) is 4.47 Å². The summed E-state index contributed by atoms with van der Waals surface area (Å²) in [6.07, 6.45) is 0. The van der Waals surface area contributed by atoms with E-state index >= 15 is 0 Å². The molecule has 2 nitrogen and oxygen atoms in total. The SMILES string of the molecule is CCNC(c1cc(C)cc(Br)c1)c1ccc(OC)cc1C. The molecule has 0 bridgehead atoms. The molecule has 3 heteroatoms. The van der Waals surface area contributed by atoms with E-state index in [1.165, 1.54) is 22.3 Å². The second-order valence-electron chi connectivity index (χ2n) is 5.28. The summed E-state index contributed by atoms with van der Waals surface area (Å²) < 4.78 is 6.42. The van der Waals surface area contributed by atoms with Crippen molar-refractivity contribution in [3.63, 3.8) is 0 Å². The van der Waals surface area contributed by atoms with Crippen molar-refractivity contribution < 1.29 is 4.74 Å². The average molecular weight is 348 g/mol. The molecule has 0 aliphatic carbocycles. The van der Waals surface area contributed by atoms with Crippen LogP contribution in [0.1, 0.15) is 35.2 Å². The van der Waals surface area contributed by atoms with Crippen LogP contribution in [0.5, 0.6) is 5.75 Å². The number of aryl methyl sites for hydroxylation is 2. The van der Waals surface area contributed by atoms with E-state index in [2.05, 4.69) is 72.3 Å². The molecule has 0 fully saturated rings. The van der Waals surface area contributed by atoms with Gasteiger partial charge in [-0.2, -0.15) is 0 Å². The van der Waals surface area contributed by atoms with Gasteiger partial charge in [0.25, 0.3) is 0 Å². The van der Waals surface area contributed by atoms with Crippen LogP contribution >= 0.6 is 15.9 Å². The zero-order valence-electron chi connectivity index (χ0n) is 13.0. The lowest BCUT2D eigenvalue weighted by Crippen LogP contribution is -2.23. The molecule has 0 aliphatic rings. The van der Waals surface area contributed by atoms with Gasteiger partial charge in [-0.15, -0.1) is 0 Å². The van der Waals surface area contributed by atoms with Crippen molar-refractivity contribution in [2.45, 2.75) is 26.8 Å². The van der Waals surface area contributed by atoms with Crippen LogP contribution < -0.4 is 10.1 Å². The van der Waals surface area contributed by atoms with Gasteiger partial charge in [0.1, 0.15) is 5.75 Å². The number of rotatable bonds is 5. The van der Waals surface area contributed by atoms with Crippen LogP contribution in [0.15, 0.2) is 40.9 Å². The fourth-order valence-electron chi connectivity index (χ4n) is 2.64. The maximum atomic E-state index is 5.31. The summed E-state index contributed by atoms with van der Waals surface area (Å²) in [5.74, 6) is 0.900. The lowest BCUT2D eigenvalue weighted by atomic mass is 9.94. The Morgan fingerprint density at radius 2 is 1.90 bits per heavy atom. The smallest absolute Gasteiger partial charge is 0.119 e.